The molecule has 2 aliphatic rings. The number of hydrazine groups is 1. The van der Waals surface area contributed by atoms with Crippen LogP contribution in [-0.4, -0.2) is 66.2 Å². The lowest BCUT2D eigenvalue weighted by Crippen LogP contribution is -2.32. The van der Waals surface area contributed by atoms with Gasteiger partial charge in [-0.2, -0.15) is 15.0 Å². The van der Waals surface area contributed by atoms with Crippen molar-refractivity contribution in [3.8, 4) is 0 Å². The summed E-state index contributed by atoms with van der Waals surface area (Å²) in [6.07, 6.45) is 3.51. The van der Waals surface area contributed by atoms with Crippen LogP contribution in [0.4, 0.5) is 17.8 Å². The average Bonchev–Trinajstić information content (AvgIpc) is 2.96. The number of anilines is 3. The zero-order valence-electron chi connectivity index (χ0n) is 12.6. The highest BCUT2D eigenvalue weighted by Gasteiger charge is 2.20. The van der Waals surface area contributed by atoms with Crippen molar-refractivity contribution in [2.45, 2.75) is 19.3 Å². The van der Waals surface area contributed by atoms with E-state index in [2.05, 4.69) is 42.1 Å². The van der Waals surface area contributed by atoms with E-state index in [1.165, 1.54) is 12.8 Å². The summed E-state index contributed by atoms with van der Waals surface area (Å²) in [6.45, 7) is 6.06. The minimum Gasteiger partial charge on any atom is -0.341 e. The van der Waals surface area contributed by atoms with Crippen molar-refractivity contribution >= 4 is 17.8 Å². The normalized spacial score (nSPS) is 20.7. The summed E-state index contributed by atoms with van der Waals surface area (Å²) in [7, 11) is 2.15. The molecule has 3 heterocycles. The number of nitrogens with zero attached hydrogens (tertiary/aromatic N) is 6. The Hall–Kier alpha value is -1.67. The molecule has 116 valence electrons. The van der Waals surface area contributed by atoms with E-state index in [0.29, 0.717) is 5.95 Å². The molecule has 8 heteroatoms. The first-order valence-electron chi connectivity index (χ1n) is 7.67. The van der Waals surface area contributed by atoms with Gasteiger partial charge in [-0.3, -0.25) is 5.43 Å². The highest BCUT2D eigenvalue weighted by Crippen LogP contribution is 2.20. The van der Waals surface area contributed by atoms with Gasteiger partial charge in [0.25, 0.3) is 0 Å². The molecule has 2 aliphatic heterocycles. The standard InChI is InChI=1S/C13H24N8/c1-19-5-4-8-21(10-9-19)13-16-11(18-14)15-12(17-13)20-6-2-3-7-20/h2-10,14H2,1H3,(H,15,16,17,18). The summed E-state index contributed by atoms with van der Waals surface area (Å²) >= 11 is 0. The van der Waals surface area contributed by atoms with Crippen molar-refractivity contribution in [1.29, 1.82) is 0 Å². The van der Waals surface area contributed by atoms with Crippen LogP contribution in [0.2, 0.25) is 0 Å². The van der Waals surface area contributed by atoms with E-state index in [4.69, 9.17) is 5.84 Å². The molecule has 3 N–H and O–H groups in total. The second kappa shape index (κ2) is 6.40. The fourth-order valence-electron chi connectivity index (χ4n) is 2.86. The number of hydrogen-bond donors (Lipinski definition) is 2. The lowest BCUT2D eigenvalue weighted by atomic mass is 10.4. The number of nitrogen functional groups attached to an aromatic ring is 1. The van der Waals surface area contributed by atoms with E-state index in [9.17, 15) is 0 Å². The van der Waals surface area contributed by atoms with Gasteiger partial charge in [-0.25, -0.2) is 5.84 Å². The van der Waals surface area contributed by atoms with E-state index < -0.39 is 0 Å². The Morgan fingerprint density at radius 2 is 1.43 bits per heavy atom. The Kier molecular flexibility index (Phi) is 4.35. The molecule has 21 heavy (non-hydrogen) atoms. The van der Waals surface area contributed by atoms with Gasteiger partial charge >= 0.3 is 0 Å². The van der Waals surface area contributed by atoms with Gasteiger partial charge in [0.2, 0.25) is 17.8 Å². The first kappa shape index (κ1) is 14.3. The number of nitrogens with one attached hydrogen (secondary N) is 1. The number of nitrogens with two attached hydrogens (primary N) is 1. The van der Waals surface area contributed by atoms with Crippen LogP contribution in [0.5, 0.6) is 0 Å². The highest BCUT2D eigenvalue weighted by molar-refractivity contribution is 5.45. The second-order valence-electron chi connectivity index (χ2n) is 5.74. The maximum absolute atomic E-state index is 5.52. The Balaban J connectivity index is 1.84. The maximum Gasteiger partial charge on any atom is 0.243 e. The van der Waals surface area contributed by atoms with Crippen molar-refractivity contribution in [3.63, 3.8) is 0 Å². The van der Waals surface area contributed by atoms with Crippen molar-refractivity contribution in [1.82, 2.24) is 19.9 Å². The van der Waals surface area contributed by atoms with E-state index >= 15 is 0 Å². The third-order valence-electron chi connectivity index (χ3n) is 4.13. The van der Waals surface area contributed by atoms with E-state index in [-0.39, 0.29) is 0 Å². The largest absolute Gasteiger partial charge is 0.341 e. The van der Waals surface area contributed by atoms with Crippen molar-refractivity contribution in [2.75, 3.05) is 61.5 Å². The summed E-state index contributed by atoms with van der Waals surface area (Å²) in [5, 5.41) is 0. The predicted octanol–water partition coefficient (Wildman–Crippen LogP) is -0.101. The molecule has 0 atom stereocenters. The molecular weight excluding hydrogens is 268 g/mol. The van der Waals surface area contributed by atoms with Gasteiger partial charge in [0.15, 0.2) is 0 Å². The summed E-state index contributed by atoms with van der Waals surface area (Å²) in [5.41, 5.74) is 2.57. The van der Waals surface area contributed by atoms with E-state index in [1.54, 1.807) is 0 Å². The molecule has 1 aromatic heterocycles. The van der Waals surface area contributed by atoms with Gasteiger partial charge in [0, 0.05) is 32.7 Å². The lowest BCUT2D eigenvalue weighted by molar-refractivity contribution is 0.360. The van der Waals surface area contributed by atoms with E-state index in [1.807, 2.05) is 0 Å². The van der Waals surface area contributed by atoms with Crippen LogP contribution in [-0.2, 0) is 0 Å². The minimum absolute atomic E-state index is 0.444. The van der Waals surface area contributed by atoms with Gasteiger partial charge in [0.1, 0.15) is 0 Å². The van der Waals surface area contributed by atoms with Crippen LogP contribution in [0.15, 0.2) is 0 Å². The van der Waals surface area contributed by atoms with Crippen LogP contribution >= 0.6 is 0 Å². The highest BCUT2D eigenvalue weighted by atomic mass is 15.4. The first-order chi connectivity index (χ1) is 10.3. The Labute approximate surface area is 125 Å². The second-order valence-corrected chi connectivity index (χ2v) is 5.74. The molecule has 0 aliphatic carbocycles. The van der Waals surface area contributed by atoms with Crippen molar-refractivity contribution in [2.24, 2.45) is 5.84 Å². The van der Waals surface area contributed by atoms with Crippen molar-refractivity contribution < 1.29 is 0 Å². The van der Waals surface area contributed by atoms with Gasteiger partial charge in [-0.05, 0) is 32.9 Å². The average molecular weight is 292 g/mol. The molecule has 1 aromatic rings. The maximum atomic E-state index is 5.52. The van der Waals surface area contributed by atoms with Gasteiger partial charge < -0.3 is 14.7 Å². The summed E-state index contributed by atoms with van der Waals surface area (Å²) in [6, 6.07) is 0. The van der Waals surface area contributed by atoms with Crippen LogP contribution in [0.1, 0.15) is 19.3 Å². The summed E-state index contributed by atoms with van der Waals surface area (Å²) in [5.74, 6) is 7.44. The fourth-order valence-corrected chi connectivity index (χ4v) is 2.86. The van der Waals surface area contributed by atoms with E-state index in [0.717, 1.165) is 57.6 Å². The van der Waals surface area contributed by atoms with Crippen LogP contribution in [0, 0.1) is 0 Å². The van der Waals surface area contributed by atoms with Crippen LogP contribution in [0.3, 0.4) is 0 Å². The third-order valence-corrected chi connectivity index (χ3v) is 4.13. The molecule has 0 saturated carbocycles. The number of rotatable bonds is 3. The van der Waals surface area contributed by atoms with Gasteiger partial charge in [-0.15, -0.1) is 0 Å². The number of aromatic nitrogens is 3. The Bertz CT molecular complexity index is 473. The molecule has 2 saturated heterocycles. The number of hydrogen-bond acceptors (Lipinski definition) is 8. The van der Waals surface area contributed by atoms with Gasteiger partial charge in [0.05, 0.1) is 0 Å². The molecule has 0 unspecified atom stereocenters. The lowest BCUT2D eigenvalue weighted by Gasteiger charge is -2.23. The topological polar surface area (TPSA) is 86.4 Å². The molecule has 0 aromatic carbocycles. The Morgan fingerprint density at radius 1 is 0.810 bits per heavy atom. The molecular formula is C13H24N8. The monoisotopic (exact) mass is 292 g/mol. The molecule has 8 nitrogen and oxygen atoms in total. The Morgan fingerprint density at radius 3 is 2.10 bits per heavy atom. The smallest absolute Gasteiger partial charge is 0.243 e. The molecule has 0 spiro atoms. The quantitative estimate of drug-likeness (QED) is 0.590. The third kappa shape index (κ3) is 3.33. The van der Waals surface area contributed by atoms with Crippen molar-refractivity contribution in [3.05, 3.63) is 0 Å². The molecule has 3 rings (SSSR count). The summed E-state index contributed by atoms with van der Waals surface area (Å²) in [4.78, 5) is 20.3. The summed E-state index contributed by atoms with van der Waals surface area (Å²) < 4.78 is 0. The molecule has 0 radical (unpaired) electrons. The molecule has 2 fully saturated rings. The zero-order valence-corrected chi connectivity index (χ0v) is 12.6. The minimum atomic E-state index is 0.444. The fraction of sp³-hybridized carbons (Fsp3) is 0.769. The van der Waals surface area contributed by atoms with Crippen LogP contribution in [0.25, 0.3) is 0 Å². The van der Waals surface area contributed by atoms with Crippen LogP contribution < -0.4 is 21.1 Å². The first-order valence-corrected chi connectivity index (χ1v) is 7.67. The predicted molar refractivity (Wildman–Crippen MR) is 83.4 cm³/mol. The van der Waals surface area contributed by atoms with Gasteiger partial charge in [-0.1, -0.05) is 0 Å². The molecule has 0 amide bonds. The molecule has 0 bridgehead atoms. The zero-order chi connectivity index (χ0) is 14.7. The number of likely N-dealkylation sites (N-methyl/N-ethyl adjacent to an activating group) is 1. The SMILES string of the molecule is CN1CCCN(c2nc(NN)nc(N3CCCC3)n2)CC1.